The number of carbonyl (C=O) groups is 1. The number of aromatic amines is 1. The van der Waals surface area contributed by atoms with Crippen molar-refractivity contribution in [3.8, 4) is 0 Å². The Balaban J connectivity index is 2.47. The quantitative estimate of drug-likeness (QED) is 0.706. The van der Waals surface area contributed by atoms with Crippen LogP contribution in [0.3, 0.4) is 0 Å². The molecular weight excluding hydrogens is 335 g/mol. The van der Waals surface area contributed by atoms with Crippen LogP contribution in [-0.4, -0.2) is 10.9 Å². The molecule has 21 heavy (non-hydrogen) atoms. The van der Waals surface area contributed by atoms with E-state index in [0.717, 1.165) is 17.0 Å². The maximum absolute atomic E-state index is 14.0. The largest absolute Gasteiger partial charge is 0.366 e. The number of carbonyl (C=O) groups excluding carboxylic acids is 1. The molecule has 0 aliphatic carbocycles. The van der Waals surface area contributed by atoms with Crippen molar-refractivity contribution in [3.05, 3.63) is 45.7 Å². The van der Waals surface area contributed by atoms with E-state index in [0.29, 0.717) is 21.3 Å². The summed E-state index contributed by atoms with van der Waals surface area (Å²) in [5.74, 6) is -0.760. The number of rotatable bonds is 2. The van der Waals surface area contributed by atoms with E-state index in [4.69, 9.17) is 5.73 Å². The zero-order valence-corrected chi connectivity index (χ0v) is 13.2. The molecule has 1 amide bonds. The second kappa shape index (κ2) is 4.84. The lowest BCUT2D eigenvalue weighted by Crippen LogP contribution is -2.12. The predicted octanol–water partition coefficient (Wildman–Crippen LogP) is 4.45. The first-order chi connectivity index (χ1) is 9.90. The molecular formula is C16H14BrFN2O. The Morgan fingerprint density at radius 2 is 2.05 bits per heavy atom. The molecule has 5 heteroatoms. The van der Waals surface area contributed by atoms with Crippen molar-refractivity contribution in [2.75, 3.05) is 0 Å². The van der Waals surface area contributed by atoms with Crippen molar-refractivity contribution in [1.82, 2.24) is 4.98 Å². The number of H-pyrrole nitrogens is 1. The third-order valence-electron chi connectivity index (χ3n) is 3.72. The summed E-state index contributed by atoms with van der Waals surface area (Å²) in [6, 6.07) is 7.14. The highest BCUT2D eigenvalue weighted by Crippen LogP contribution is 2.36. The number of aromatic nitrogens is 1. The Hall–Kier alpha value is -1.88. The highest BCUT2D eigenvalue weighted by molar-refractivity contribution is 9.10. The van der Waals surface area contributed by atoms with Crippen LogP contribution in [0.2, 0.25) is 0 Å². The second-order valence-corrected chi connectivity index (χ2v) is 6.21. The summed E-state index contributed by atoms with van der Waals surface area (Å²) < 4.78 is 14.4. The number of nitrogens with two attached hydrogens (primary N) is 1. The minimum Gasteiger partial charge on any atom is -0.366 e. The van der Waals surface area contributed by atoms with Gasteiger partial charge in [0, 0.05) is 16.3 Å². The molecule has 0 aliphatic heterocycles. The first-order valence-electron chi connectivity index (χ1n) is 6.63. The summed E-state index contributed by atoms with van der Waals surface area (Å²) in [6.07, 6.45) is 0. The van der Waals surface area contributed by atoms with E-state index < -0.39 is 11.7 Å². The average Bonchev–Trinajstić information content (AvgIpc) is 2.80. The van der Waals surface area contributed by atoms with Gasteiger partial charge in [-0.2, -0.15) is 0 Å². The molecule has 2 aromatic carbocycles. The Bertz CT molecular complexity index is 883. The van der Waals surface area contributed by atoms with Gasteiger partial charge in [0.2, 0.25) is 0 Å². The van der Waals surface area contributed by atoms with E-state index >= 15 is 0 Å². The summed E-state index contributed by atoms with van der Waals surface area (Å²) >= 11 is 3.26. The van der Waals surface area contributed by atoms with Gasteiger partial charge in [0.1, 0.15) is 5.82 Å². The fraction of sp³-hybridized carbons (Fsp3) is 0.188. The molecule has 0 fully saturated rings. The van der Waals surface area contributed by atoms with Crippen molar-refractivity contribution in [2.24, 2.45) is 5.73 Å². The Kier molecular flexibility index (Phi) is 3.24. The smallest absolute Gasteiger partial charge is 0.250 e. The fourth-order valence-electron chi connectivity index (χ4n) is 2.58. The second-order valence-electron chi connectivity index (χ2n) is 5.42. The summed E-state index contributed by atoms with van der Waals surface area (Å²) in [5, 5.41) is 1.51. The molecule has 0 aliphatic rings. The van der Waals surface area contributed by atoms with Gasteiger partial charge in [-0.15, -0.1) is 0 Å². The van der Waals surface area contributed by atoms with Crippen molar-refractivity contribution in [2.45, 2.75) is 19.8 Å². The van der Waals surface area contributed by atoms with E-state index in [2.05, 4.69) is 34.8 Å². The molecule has 3 N–H and O–H groups in total. The first-order valence-corrected chi connectivity index (χ1v) is 7.42. The van der Waals surface area contributed by atoms with Crippen molar-refractivity contribution in [3.63, 3.8) is 0 Å². The standard InChI is InChI=1S/C16H14BrFN2O/c1-7(2)8-3-4-9-12(5-8)20-15-10(16(19)21)6-11(18)14(17)13(9)15/h3-7,20H,1-2H3,(H2,19,21). The van der Waals surface area contributed by atoms with Crippen molar-refractivity contribution >= 4 is 43.6 Å². The number of benzene rings is 2. The predicted molar refractivity (Wildman–Crippen MR) is 86.1 cm³/mol. The van der Waals surface area contributed by atoms with Crippen molar-refractivity contribution in [1.29, 1.82) is 0 Å². The Morgan fingerprint density at radius 1 is 1.33 bits per heavy atom. The van der Waals surface area contributed by atoms with Crippen LogP contribution in [0.1, 0.15) is 35.7 Å². The van der Waals surface area contributed by atoms with Crippen LogP contribution in [0.15, 0.2) is 28.7 Å². The number of halogens is 2. The monoisotopic (exact) mass is 348 g/mol. The highest BCUT2D eigenvalue weighted by Gasteiger charge is 2.18. The molecule has 0 radical (unpaired) electrons. The molecule has 0 saturated carbocycles. The van der Waals surface area contributed by atoms with Crippen LogP contribution in [0.4, 0.5) is 4.39 Å². The lowest BCUT2D eigenvalue weighted by Gasteiger charge is -2.05. The van der Waals surface area contributed by atoms with Crippen LogP contribution in [0.25, 0.3) is 21.8 Å². The van der Waals surface area contributed by atoms with Crippen LogP contribution >= 0.6 is 15.9 Å². The molecule has 3 nitrogen and oxygen atoms in total. The first kappa shape index (κ1) is 14.1. The van der Waals surface area contributed by atoms with Crippen molar-refractivity contribution < 1.29 is 9.18 Å². The molecule has 3 aromatic rings. The SMILES string of the molecule is CC(C)c1ccc2c(c1)[nH]c1c(C(N)=O)cc(F)c(Br)c12. The van der Waals surface area contributed by atoms with Gasteiger partial charge in [0.25, 0.3) is 5.91 Å². The van der Waals surface area contributed by atoms with E-state index in [1.165, 1.54) is 5.56 Å². The van der Waals surface area contributed by atoms with Gasteiger partial charge in [0.15, 0.2) is 0 Å². The summed E-state index contributed by atoms with van der Waals surface area (Å²) in [4.78, 5) is 14.7. The molecule has 3 rings (SSSR count). The number of hydrogen-bond acceptors (Lipinski definition) is 1. The van der Waals surface area contributed by atoms with Gasteiger partial charge in [-0.1, -0.05) is 26.0 Å². The minimum atomic E-state index is -0.651. The number of amides is 1. The zero-order valence-electron chi connectivity index (χ0n) is 11.6. The van der Waals surface area contributed by atoms with E-state index in [1.807, 2.05) is 18.2 Å². The Labute approximate surface area is 129 Å². The Morgan fingerprint density at radius 3 is 2.67 bits per heavy atom. The maximum atomic E-state index is 14.0. The average molecular weight is 349 g/mol. The van der Waals surface area contributed by atoms with Gasteiger partial charge >= 0.3 is 0 Å². The topological polar surface area (TPSA) is 58.9 Å². The molecule has 108 valence electrons. The molecule has 0 saturated heterocycles. The number of fused-ring (bicyclic) bond motifs is 3. The van der Waals surface area contributed by atoms with Crippen LogP contribution in [0, 0.1) is 5.82 Å². The van der Waals surface area contributed by atoms with Gasteiger partial charge < -0.3 is 10.7 Å². The van der Waals surface area contributed by atoms with E-state index in [9.17, 15) is 9.18 Å². The fourth-order valence-corrected chi connectivity index (χ4v) is 3.11. The molecule has 0 unspecified atom stereocenters. The van der Waals surface area contributed by atoms with Gasteiger partial charge in [-0.25, -0.2) is 4.39 Å². The molecule has 0 spiro atoms. The van der Waals surface area contributed by atoms with Crippen LogP contribution < -0.4 is 5.73 Å². The minimum absolute atomic E-state index is 0.160. The van der Waals surface area contributed by atoms with Crippen LogP contribution in [-0.2, 0) is 0 Å². The number of hydrogen-bond donors (Lipinski definition) is 2. The number of nitrogens with one attached hydrogen (secondary N) is 1. The van der Waals surface area contributed by atoms with Gasteiger partial charge in [-0.3, -0.25) is 4.79 Å². The highest BCUT2D eigenvalue weighted by atomic mass is 79.9. The van der Waals surface area contributed by atoms with Gasteiger partial charge in [0.05, 0.1) is 15.6 Å². The normalized spacial score (nSPS) is 11.7. The van der Waals surface area contributed by atoms with E-state index in [-0.39, 0.29) is 5.56 Å². The van der Waals surface area contributed by atoms with Gasteiger partial charge in [-0.05, 0) is 39.5 Å². The molecule has 1 heterocycles. The maximum Gasteiger partial charge on any atom is 0.250 e. The summed E-state index contributed by atoms with van der Waals surface area (Å²) in [5.41, 5.74) is 8.12. The summed E-state index contributed by atoms with van der Waals surface area (Å²) in [6.45, 7) is 4.21. The molecule has 1 aromatic heterocycles. The zero-order chi connectivity index (χ0) is 15.3. The molecule has 0 bridgehead atoms. The third kappa shape index (κ3) is 2.12. The van der Waals surface area contributed by atoms with E-state index in [1.54, 1.807) is 0 Å². The third-order valence-corrected chi connectivity index (χ3v) is 4.50. The van der Waals surface area contributed by atoms with Crippen LogP contribution in [0.5, 0.6) is 0 Å². The lowest BCUT2D eigenvalue weighted by atomic mass is 10.0. The molecule has 0 atom stereocenters. The number of primary amides is 1. The summed E-state index contributed by atoms with van der Waals surface area (Å²) in [7, 11) is 0. The lowest BCUT2D eigenvalue weighted by molar-refractivity contribution is 0.100.